The number of hydrogen-bond acceptors (Lipinski definition) is 3. The summed E-state index contributed by atoms with van der Waals surface area (Å²) in [6.45, 7) is 9.09. The summed E-state index contributed by atoms with van der Waals surface area (Å²) >= 11 is 0. The van der Waals surface area contributed by atoms with Gasteiger partial charge < -0.3 is 15.0 Å². The van der Waals surface area contributed by atoms with Crippen molar-refractivity contribution in [1.29, 1.82) is 0 Å². The molecule has 1 aliphatic heterocycles. The zero-order valence-corrected chi connectivity index (χ0v) is 21.0. The fourth-order valence-corrected chi connectivity index (χ4v) is 5.96. The number of hydrogen-bond donors (Lipinski definition) is 1. The molecule has 1 saturated heterocycles. The van der Waals surface area contributed by atoms with Crippen LogP contribution in [0.25, 0.3) is 0 Å². The van der Waals surface area contributed by atoms with Gasteiger partial charge in [-0.1, -0.05) is 26.7 Å². The molecule has 1 spiro atoms. The van der Waals surface area contributed by atoms with Gasteiger partial charge in [0.25, 0.3) is 0 Å². The first kappa shape index (κ1) is 22.8. The van der Waals surface area contributed by atoms with Crippen molar-refractivity contribution in [2.24, 2.45) is 23.4 Å². The number of aryl methyl sites for hydroxylation is 1. The van der Waals surface area contributed by atoms with E-state index >= 15 is 0 Å². The molecule has 0 bridgehead atoms. The van der Waals surface area contributed by atoms with E-state index < -0.39 is 0 Å². The SMILES string of the molecule is CCN=C(NC1C2CCOC2C12CCCC2)N(C)Cc1cn(C)nc1C(C)C.I. The van der Waals surface area contributed by atoms with Gasteiger partial charge in [-0.25, -0.2) is 0 Å². The van der Waals surface area contributed by atoms with Gasteiger partial charge in [-0.3, -0.25) is 9.67 Å². The number of ether oxygens (including phenoxy) is 1. The molecule has 2 aliphatic carbocycles. The highest BCUT2D eigenvalue weighted by Crippen LogP contribution is 2.60. The van der Waals surface area contributed by atoms with Gasteiger partial charge in [0.2, 0.25) is 0 Å². The quantitative estimate of drug-likeness (QED) is 0.367. The van der Waals surface area contributed by atoms with Crippen LogP contribution in [-0.2, 0) is 18.3 Å². The van der Waals surface area contributed by atoms with E-state index in [9.17, 15) is 0 Å². The largest absolute Gasteiger partial charge is 0.377 e. The second-order valence-electron chi connectivity index (χ2n) is 9.33. The molecule has 164 valence electrons. The lowest BCUT2D eigenvalue weighted by Crippen LogP contribution is -2.69. The molecule has 2 heterocycles. The fourth-order valence-electron chi connectivity index (χ4n) is 5.96. The minimum Gasteiger partial charge on any atom is -0.377 e. The first-order chi connectivity index (χ1) is 13.5. The molecule has 3 unspecified atom stereocenters. The van der Waals surface area contributed by atoms with E-state index in [1.807, 2.05) is 11.7 Å². The van der Waals surface area contributed by atoms with E-state index in [-0.39, 0.29) is 24.0 Å². The first-order valence-electron chi connectivity index (χ1n) is 11.1. The van der Waals surface area contributed by atoms with Gasteiger partial charge in [0.15, 0.2) is 5.96 Å². The summed E-state index contributed by atoms with van der Waals surface area (Å²) in [6, 6.07) is 0.508. The molecule has 0 aromatic carbocycles. The van der Waals surface area contributed by atoms with Crippen LogP contribution in [0.15, 0.2) is 11.2 Å². The number of fused-ring (bicyclic) bond motifs is 2. The average Bonchev–Trinajstić information content (AvgIpc) is 3.37. The van der Waals surface area contributed by atoms with Gasteiger partial charge in [-0.05, 0) is 32.1 Å². The van der Waals surface area contributed by atoms with Crippen molar-refractivity contribution < 1.29 is 4.74 Å². The Bertz CT molecular complexity index is 725. The number of aromatic nitrogens is 2. The molecule has 3 fully saturated rings. The molecule has 1 N–H and O–H groups in total. The van der Waals surface area contributed by atoms with Crippen LogP contribution >= 0.6 is 24.0 Å². The Morgan fingerprint density at radius 1 is 1.41 bits per heavy atom. The Kier molecular flexibility index (Phi) is 7.18. The fraction of sp³-hybridized carbons (Fsp3) is 0.818. The van der Waals surface area contributed by atoms with Crippen LogP contribution in [0.2, 0.25) is 0 Å². The van der Waals surface area contributed by atoms with Crippen molar-refractivity contribution in [3.8, 4) is 0 Å². The minimum atomic E-state index is 0. The van der Waals surface area contributed by atoms with Crippen molar-refractivity contribution in [2.45, 2.75) is 77.5 Å². The van der Waals surface area contributed by atoms with E-state index in [1.54, 1.807) is 0 Å². The molecule has 0 amide bonds. The number of rotatable bonds is 5. The number of aliphatic imine (C=N–C) groups is 1. The highest BCUT2D eigenvalue weighted by molar-refractivity contribution is 14.0. The van der Waals surface area contributed by atoms with Gasteiger partial charge in [0.05, 0.1) is 11.8 Å². The Balaban J connectivity index is 0.00000240. The second kappa shape index (κ2) is 9.12. The van der Waals surface area contributed by atoms with Crippen molar-refractivity contribution in [3.63, 3.8) is 0 Å². The van der Waals surface area contributed by atoms with Gasteiger partial charge in [-0.2, -0.15) is 5.10 Å². The Labute approximate surface area is 192 Å². The van der Waals surface area contributed by atoms with E-state index in [2.05, 4.69) is 49.3 Å². The molecule has 0 radical (unpaired) electrons. The molecule has 4 rings (SSSR count). The molecule has 1 aromatic heterocycles. The van der Waals surface area contributed by atoms with E-state index in [0.29, 0.717) is 29.4 Å². The predicted octanol–water partition coefficient (Wildman–Crippen LogP) is 3.91. The zero-order chi connectivity index (χ0) is 19.9. The van der Waals surface area contributed by atoms with Crippen molar-refractivity contribution in [1.82, 2.24) is 20.0 Å². The number of guanidine groups is 1. The molecular weight excluding hydrogens is 477 g/mol. The Hall–Kier alpha value is -0.830. The van der Waals surface area contributed by atoms with Crippen LogP contribution in [-0.4, -0.2) is 53.0 Å². The molecule has 2 saturated carbocycles. The topological polar surface area (TPSA) is 54.7 Å². The molecule has 29 heavy (non-hydrogen) atoms. The van der Waals surface area contributed by atoms with E-state index in [1.165, 1.54) is 43.4 Å². The second-order valence-corrected chi connectivity index (χ2v) is 9.33. The third kappa shape index (κ3) is 4.05. The summed E-state index contributed by atoms with van der Waals surface area (Å²) in [4.78, 5) is 7.13. The normalized spacial score (nSPS) is 27.7. The summed E-state index contributed by atoms with van der Waals surface area (Å²) < 4.78 is 8.09. The maximum absolute atomic E-state index is 6.16. The van der Waals surface area contributed by atoms with Crippen molar-refractivity contribution >= 4 is 29.9 Å². The minimum absolute atomic E-state index is 0. The third-order valence-electron chi connectivity index (χ3n) is 7.13. The lowest BCUT2D eigenvalue weighted by molar-refractivity contribution is -0.125. The third-order valence-corrected chi connectivity index (χ3v) is 7.13. The lowest BCUT2D eigenvalue weighted by Gasteiger charge is -2.57. The van der Waals surface area contributed by atoms with E-state index in [4.69, 9.17) is 9.73 Å². The Morgan fingerprint density at radius 3 is 2.79 bits per heavy atom. The molecular formula is C22H38IN5O. The van der Waals surface area contributed by atoms with Crippen LogP contribution in [0.5, 0.6) is 0 Å². The summed E-state index contributed by atoms with van der Waals surface area (Å²) in [7, 11) is 4.16. The number of nitrogens with one attached hydrogen (secondary N) is 1. The highest BCUT2D eigenvalue weighted by Gasteiger charge is 2.65. The number of halogens is 1. The molecule has 3 aliphatic rings. The van der Waals surface area contributed by atoms with Crippen LogP contribution in [0, 0.1) is 11.3 Å². The van der Waals surface area contributed by atoms with Crippen LogP contribution < -0.4 is 5.32 Å². The zero-order valence-electron chi connectivity index (χ0n) is 18.6. The Morgan fingerprint density at radius 2 is 2.14 bits per heavy atom. The molecule has 7 heteroatoms. The standard InChI is InChI=1S/C22H37N5O.HI/c1-6-23-21(26(4)13-16-14-27(5)25-18(16)15(2)3)24-19-17-9-12-28-20(17)22(19)10-7-8-11-22;/h14-15,17,19-20H,6-13H2,1-5H3,(H,23,24);1H. The maximum Gasteiger partial charge on any atom is 0.194 e. The average molecular weight is 515 g/mol. The smallest absolute Gasteiger partial charge is 0.194 e. The summed E-state index contributed by atoms with van der Waals surface area (Å²) in [6.07, 6.45) is 9.10. The summed E-state index contributed by atoms with van der Waals surface area (Å²) in [5, 5.41) is 8.57. The van der Waals surface area contributed by atoms with Crippen LogP contribution in [0.3, 0.4) is 0 Å². The maximum atomic E-state index is 6.16. The lowest BCUT2D eigenvalue weighted by atomic mass is 9.54. The summed E-state index contributed by atoms with van der Waals surface area (Å²) in [5.41, 5.74) is 2.82. The summed E-state index contributed by atoms with van der Waals surface area (Å²) in [5.74, 6) is 2.11. The highest BCUT2D eigenvalue weighted by atomic mass is 127. The van der Waals surface area contributed by atoms with Crippen molar-refractivity contribution in [3.05, 3.63) is 17.5 Å². The molecule has 1 aromatic rings. The van der Waals surface area contributed by atoms with E-state index in [0.717, 1.165) is 25.7 Å². The predicted molar refractivity (Wildman–Crippen MR) is 128 cm³/mol. The molecule has 3 atom stereocenters. The van der Waals surface area contributed by atoms with Gasteiger partial charge in [-0.15, -0.1) is 24.0 Å². The molecule has 6 nitrogen and oxygen atoms in total. The van der Waals surface area contributed by atoms with Crippen molar-refractivity contribution in [2.75, 3.05) is 20.2 Å². The van der Waals surface area contributed by atoms with Crippen LogP contribution in [0.1, 0.15) is 70.1 Å². The number of nitrogens with zero attached hydrogens (tertiary/aromatic N) is 4. The van der Waals surface area contributed by atoms with Gasteiger partial charge in [0.1, 0.15) is 0 Å². The monoisotopic (exact) mass is 515 g/mol. The van der Waals surface area contributed by atoms with Gasteiger partial charge in [0, 0.05) is 62.9 Å². The van der Waals surface area contributed by atoms with Crippen LogP contribution in [0.4, 0.5) is 0 Å². The first-order valence-corrected chi connectivity index (χ1v) is 11.1. The van der Waals surface area contributed by atoms with Gasteiger partial charge >= 0.3 is 0 Å².